The highest BCUT2D eigenvalue weighted by Crippen LogP contribution is 2.14. The van der Waals surface area contributed by atoms with Crippen molar-refractivity contribution in [1.29, 1.82) is 0 Å². The van der Waals surface area contributed by atoms with Crippen LogP contribution in [-0.2, 0) is 6.61 Å². The summed E-state index contributed by atoms with van der Waals surface area (Å²) in [5.74, 6) is 0.830. The van der Waals surface area contributed by atoms with Crippen LogP contribution in [-0.4, -0.2) is 29.4 Å². The van der Waals surface area contributed by atoms with Gasteiger partial charge in [-0.1, -0.05) is 13.8 Å². The van der Waals surface area contributed by atoms with Crippen LogP contribution in [0.5, 0.6) is 5.75 Å². The summed E-state index contributed by atoms with van der Waals surface area (Å²) in [4.78, 5) is 18.0. The third kappa shape index (κ3) is 5.09. The van der Waals surface area contributed by atoms with Gasteiger partial charge in [0.1, 0.15) is 17.8 Å². The maximum atomic E-state index is 12.8. The van der Waals surface area contributed by atoms with Gasteiger partial charge < -0.3 is 14.1 Å². The molecule has 2 rings (SSSR count). The molecule has 0 saturated heterocycles. The molecular formula is C17H21FN2O3. The minimum absolute atomic E-state index is 0.0780. The zero-order chi connectivity index (χ0) is 16.8. The highest BCUT2D eigenvalue weighted by Gasteiger charge is 2.17. The van der Waals surface area contributed by atoms with Gasteiger partial charge in [-0.15, -0.1) is 0 Å². The normalized spacial score (nSPS) is 10.8. The average molecular weight is 320 g/mol. The lowest BCUT2D eigenvalue weighted by Crippen LogP contribution is -2.28. The van der Waals surface area contributed by atoms with E-state index in [1.54, 1.807) is 11.9 Å². The van der Waals surface area contributed by atoms with Crippen molar-refractivity contribution in [2.24, 2.45) is 5.92 Å². The van der Waals surface area contributed by atoms with Crippen molar-refractivity contribution in [2.45, 2.75) is 26.9 Å². The van der Waals surface area contributed by atoms with Crippen molar-refractivity contribution >= 4 is 5.91 Å². The Morgan fingerprint density at radius 3 is 2.70 bits per heavy atom. The fraction of sp³-hybridized carbons (Fsp3) is 0.412. The van der Waals surface area contributed by atoms with Gasteiger partial charge in [-0.05, 0) is 36.6 Å². The Morgan fingerprint density at radius 2 is 2.04 bits per heavy atom. The van der Waals surface area contributed by atoms with Crippen LogP contribution >= 0.6 is 0 Å². The molecule has 1 aromatic carbocycles. The molecule has 1 amide bonds. The maximum absolute atomic E-state index is 12.8. The molecular weight excluding hydrogens is 299 g/mol. The number of nitrogens with zero attached hydrogens (tertiary/aromatic N) is 2. The number of aromatic nitrogens is 1. The SMILES string of the molecule is CC(C)CCN(C)C(=O)c1coc(COc2ccc(F)cc2)n1. The molecule has 0 aliphatic rings. The summed E-state index contributed by atoms with van der Waals surface area (Å²) >= 11 is 0. The first-order valence-corrected chi connectivity index (χ1v) is 7.54. The predicted molar refractivity (Wildman–Crippen MR) is 83.7 cm³/mol. The highest BCUT2D eigenvalue weighted by atomic mass is 19.1. The fourth-order valence-corrected chi connectivity index (χ4v) is 1.90. The molecule has 1 aromatic heterocycles. The Morgan fingerprint density at radius 1 is 1.35 bits per heavy atom. The molecule has 1 heterocycles. The van der Waals surface area contributed by atoms with Crippen molar-refractivity contribution < 1.29 is 18.3 Å². The number of carbonyl (C=O) groups excluding carboxylic acids is 1. The average Bonchev–Trinajstić information content (AvgIpc) is 3.00. The largest absolute Gasteiger partial charge is 0.484 e. The second-order valence-electron chi connectivity index (χ2n) is 5.78. The van der Waals surface area contributed by atoms with E-state index in [0.717, 1.165) is 6.42 Å². The lowest BCUT2D eigenvalue weighted by atomic mass is 10.1. The monoisotopic (exact) mass is 320 g/mol. The summed E-state index contributed by atoms with van der Waals surface area (Å²) in [6.07, 6.45) is 2.26. The molecule has 0 atom stereocenters. The van der Waals surface area contributed by atoms with Gasteiger partial charge in [-0.2, -0.15) is 0 Å². The molecule has 0 bridgehead atoms. The van der Waals surface area contributed by atoms with Crippen LogP contribution in [0, 0.1) is 11.7 Å². The zero-order valence-corrected chi connectivity index (χ0v) is 13.6. The van der Waals surface area contributed by atoms with E-state index < -0.39 is 0 Å². The van der Waals surface area contributed by atoms with E-state index in [9.17, 15) is 9.18 Å². The molecule has 0 radical (unpaired) electrons. The molecule has 124 valence electrons. The molecule has 5 nitrogen and oxygen atoms in total. The summed E-state index contributed by atoms with van der Waals surface area (Å²) in [5.41, 5.74) is 0.258. The summed E-state index contributed by atoms with van der Waals surface area (Å²) in [6, 6.07) is 5.65. The standard InChI is InChI=1S/C17H21FN2O3/c1-12(2)8-9-20(3)17(21)15-10-23-16(19-15)11-22-14-6-4-13(18)5-7-14/h4-7,10,12H,8-9,11H2,1-3H3. The van der Waals surface area contributed by atoms with Gasteiger partial charge in [0.15, 0.2) is 12.3 Å². The van der Waals surface area contributed by atoms with Crippen molar-refractivity contribution in [3.8, 4) is 5.75 Å². The van der Waals surface area contributed by atoms with Gasteiger partial charge in [0.2, 0.25) is 5.89 Å². The highest BCUT2D eigenvalue weighted by molar-refractivity contribution is 5.91. The summed E-state index contributed by atoms with van der Waals surface area (Å²) in [7, 11) is 1.74. The summed E-state index contributed by atoms with van der Waals surface area (Å²) < 4.78 is 23.5. The second-order valence-corrected chi connectivity index (χ2v) is 5.78. The Bertz CT molecular complexity index is 638. The van der Waals surface area contributed by atoms with Crippen LogP contribution in [0.4, 0.5) is 4.39 Å². The molecule has 0 saturated carbocycles. The van der Waals surface area contributed by atoms with Gasteiger partial charge in [-0.3, -0.25) is 4.79 Å². The number of halogens is 1. The Balaban J connectivity index is 1.89. The third-order valence-electron chi connectivity index (χ3n) is 3.34. The van der Waals surface area contributed by atoms with E-state index >= 15 is 0 Å². The summed E-state index contributed by atoms with van der Waals surface area (Å²) in [6.45, 7) is 4.97. The van der Waals surface area contributed by atoms with Crippen LogP contribution < -0.4 is 4.74 Å². The van der Waals surface area contributed by atoms with Crippen molar-refractivity contribution in [1.82, 2.24) is 9.88 Å². The van der Waals surface area contributed by atoms with Crippen LogP contribution in [0.3, 0.4) is 0 Å². The molecule has 0 unspecified atom stereocenters. The van der Waals surface area contributed by atoms with Crippen LogP contribution in [0.25, 0.3) is 0 Å². The number of carbonyl (C=O) groups is 1. The molecule has 0 fully saturated rings. The van der Waals surface area contributed by atoms with Gasteiger partial charge in [-0.25, -0.2) is 9.37 Å². The van der Waals surface area contributed by atoms with E-state index in [1.807, 2.05) is 0 Å². The minimum atomic E-state index is -0.328. The van der Waals surface area contributed by atoms with E-state index in [2.05, 4.69) is 18.8 Å². The van der Waals surface area contributed by atoms with Crippen LogP contribution in [0.1, 0.15) is 36.6 Å². The number of oxazole rings is 1. The van der Waals surface area contributed by atoms with Crippen molar-refractivity contribution in [3.05, 3.63) is 47.9 Å². The van der Waals surface area contributed by atoms with Crippen molar-refractivity contribution in [2.75, 3.05) is 13.6 Å². The fourth-order valence-electron chi connectivity index (χ4n) is 1.90. The lowest BCUT2D eigenvalue weighted by molar-refractivity contribution is 0.0783. The zero-order valence-electron chi connectivity index (χ0n) is 13.6. The number of ether oxygens (including phenoxy) is 1. The molecule has 23 heavy (non-hydrogen) atoms. The first kappa shape index (κ1) is 17.0. The molecule has 0 aliphatic heterocycles. The molecule has 0 aliphatic carbocycles. The van der Waals surface area contributed by atoms with Crippen LogP contribution in [0.15, 0.2) is 34.9 Å². The molecule has 6 heteroatoms. The van der Waals surface area contributed by atoms with Crippen molar-refractivity contribution in [3.63, 3.8) is 0 Å². The first-order valence-electron chi connectivity index (χ1n) is 7.54. The van der Waals surface area contributed by atoms with E-state index in [1.165, 1.54) is 30.5 Å². The summed E-state index contributed by atoms with van der Waals surface area (Å²) in [5, 5.41) is 0. The second kappa shape index (κ2) is 7.76. The van der Waals surface area contributed by atoms with Gasteiger partial charge in [0, 0.05) is 13.6 Å². The molecule has 0 spiro atoms. The topological polar surface area (TPSA) is 55.6 Å². The van der Waals surface area contributed by atoms with Gasteiger partial charge >= 0.3 is 0 Å². The Kier molecular flexibility index (Phi) is 5.73. The van der Waals surface area contributed by atoms with E-state index in [0.29, 0.717) is 24.1 Å². The van der Waals surface area contributed by atoms with Gasteiger partial charge in [0.05, 0.1) is 0 Å². The molecule has 2 aromatic rings. The van der Waals surface area contributed by atoms with E-state index in [4.69, 9.17) is 9.15 Å². The van der Waals surface area contributed by atoms with E-state index in [-0.39, 0.29) is 24.0 Å². The number of hydrogen-bond donors (Lipinski definition) is 0. The first-order chi connectivity index (χ1) is 11.0. The van der Waals surface area contributed by atoms with Crippen LogP contribution in [0.2, 0.25) is 0 Å². The Hall–Kier alpha value is -2.37. The van der Waals surface area contributed by atoms with Gasteiger partial charge in [0.25, 0.3) is 5.91 Å². The number of benzene rings is 1. The third-order valence-corrected chi connectivity index (χ3v) is 3.34. The maximum Gasteiger partial charge on any atom is 0.275 e. The number of rotatable bonds is 7. The Labute approximate surface area is 135 Å². The smallest absolute Gasteiger partial charge is 0.275 e. The quantitative estimate of drug-likeness (QED) is 0.783. The lowest BCUT2D eigenvalue weighted by Gasteiger charge is -2.16. The molecule has 0 N–H and O–H groups in total. The number of hydrogen-bond acceptors (Lipinski definition) is 4. The minimum Gasteiger partial charge on any atom is -0.484 e. The number of amides is 1. The predicted octanol–water partition coefficient (Wildman–Crippen LogP) is 3.51.